The van der Waals surface area contributed by atoms with Crippen molar-refractivity contribution >= 4 is 15.9 Å². The van der Waals surface area contributed by atoms with Gasteiger partial charge in [-0.1, -0.05) is 18.2 Å². The maximum atomic E-state index is 11.5. The summed E-state index contributed by atoms with van der Waals surface area (Å²) >= 11 is 0. The first-order valence-corrected chi connectivity index (χ1v) is 7.42. The second-order valence-electron chi connectivity index (χ2n) is 4.23. The van der Waals surface area contributed by atoms with Crippen molar-refractivity contribution in [1.82, 2.24) is 5.32 Å². The number of rotatable bonds is 6. The van der Waals surface area contributed by atoms with Gasteiger partial charge in [-0.2, -0.15) is 0 Å². The molecule has 5 nitrogen and oxygen atoms in total. The number of hydrogen-bond donors (Lipinski definition) is 2. The van der Waals surface area contributed by atoms with Crippen LogP contribution in [0.25, 0.3) is 0 Å². The molecule has 0 aromatic heterocycles. The number of carbonyl (C=O) groups excluding carboxylic acids is 1. The van der Waals surface area contributed by atoms with Crippen molar-refractivity contribution in [1.29, 1.82) is 0 Å². The Hall–Kier alpha value is -1.66. The van der Waals surface area contributed by atoms with Gasteiger partial charge in [0.25, 0.3) is 0 Å². The molecule has 1 unspecified atom stereocenters. The molecule has 0 saturated carbocycles. The van der Waals surface area contributed by atoms with E-state index in [1.165, 1.54) is 12.1 Å². The molecule has 1 aromatic rings. The summed E-state index contributed by atoms with van der Waals surface area (Å²) < 4.78 is 22.2. The predicted octanol–water partition coefficient (Wildman–Crippen LogP) is 1.48. The Bertz CT molecular complexity index is 550. The third-order valence-corrected chi connectivity index (χ3v) is 3.59. The molecule has 3 N–H and O–H groups in total. The number of sulfonamides is 1. The summed E-state index contributed by atoms with van der Waals surface area (Å²) in [5.74, 6) is -0.0667. The molecule has 0 radical (unpaired) electrons. The SMILES string of the molecule is C=CCCC(=O)NC(C)c1ccc(S(N)(=O)=O)cc1. The van der Waals surface area contributed by atoms with Crippen molar-refractivity contribution in [2.45, 2.75) is 30.7 Å². The summed E-state index contributed by atoms with van der Waals surface area (Å²) in [6, 6.07) is 5.94. The molecule has 0 bridgehead atoms. The molecule has 6 heteroatoms. The van der Waals surface area contributed by atoms with Crippen molar-refractivity contribution in [3.8, 4) is 0 Å². The highest BCUT2D eigenvalue weighted by molar-refractivity contribution is 7.89. The average molecular weight is 282 g/mol. The minimum atomic E-state index is -3.68. The molecule has 19 heavy (non-hydrogen) atoms. The summed E-state index contributed by atoms with van der Waals surface area (Å²) in [6.07, 6.45) is 2.71. The maximum Gasteiger partial charge on any atom is 0.238 e. The number of carbonyl (C=O) groups is 1. The van der Waals surface area contributed by atoms with Gasteiger partial charge in [-0.25, -0.2) is 13.6 Å². The Kier molecular flexibility index (Phi) is 5.26. The van der Waals surface area contributed by atoms with Crippen LogP contribution in [-0.4, -0.2) is 14.3 Å². The van der Waals surface area contributed by atoms with E-state index in [1.807, 2.05) is 6.92 Å². The third kappa shape index (κ3) is 4.84. The molecule has 0 heterocycles. The van der Waals surface area contributed by atoms with Crippen molar-refractivity contribution < 1.29 is 13.2 Å². The number of nitrogens with one attached hydrogen (secondary N) is 1. The molecule has 0 spiro atoms. The first kappa shape index (κ1) is 15.4. The topological polar surface area (TPSA) is 89.3 Å². The average Bonchev–Trinajstić information content (AvgIpc) is 2.35. The van der Waals surface area contributed by atoms with Crippen molar-refractivity contribution in [2.24, 2.45) is 5.14 Å². The van der Waals surface area contributed by atoms with Crippen LogP contribution in [0.15, 0.2) is 41.8 Å². The van der Waals surface area contributed by atoms with E-state index < -0.39 is 10.0 Å². The van der Waals surface area contributed by atoms with Crippen LogP contribution in [0, 0.1) is 0 Å². The van der Waals surface area contributed by atoms with E-state index in [1.54, 1.807) is 18.2 Å². The molecule has 1 amide bonds. The molecule has 0 aliphatic heterocycles. The highest BCUT2D eigenvalue weighted by Gasteiger charge is 2.11. The molecule has 0 fully saturated rings. The minimum absolute atomic E-state index is 0.0569. The number of amides is 1. The van der Waals surface area contributed by atoms with Crippen LogP contribution < -0.4 is 10.5 Å². The number of benzene rings is 1. The molecule has 1 rings (SSSR count). The lowest BCUT2D eigenvalue weighted by molar-refractivity contribution is -0.121. The standard InChI is InChI=1S/C13H18N2O3S/c1-3-4-5-13(16)15-10(2)11-6-8-12(9-7-11)19(14,17)18/h3,6-10H,1,4-5H2,2H3,(H,15,16)(H2,14,17,18). The Morgan fingerprint density at radius 1 is 1.42 bits per heavy atom. The zero-order chi connectivity index (χ0) is 14.5. The van der Waals surface area contributed by atoms with Gasteiger partial charge in [0.1, 0.15) is 0 Å². The molecule has 104 valence electrons. The van der Waals surface area contributed by atoms with Crippen molar-refractivity contribution in [2.75, 3.05) is 0 Å². The number of allylic oxidation sites excluding steroid dienone is 1. The fourth-order valence-electron chi connectivity index (χ4n) is 1.58. The Morgan fingerprint density at radius 2 is 2.00 bits per heavy atom. The van der Waals surface area contributed by atoms with Gasteiger partial charge in [0.15, 0.2) is 0 Å². The molecular weight excluding hydrogens is 264 g/mol. The molecular formula is C13H18N2O3S. The van der Waals surface area contributed by atoms with Crippen molar-refractivity contribution in [3.05, 3.63) is 42.5 Å². The van der Waals surface area contributed by atoms with Crippen LogP contribution in [-0.2, 0) is 14.8 Å². The van der Waals surface area contributed by atoms with Crippen LogP contribution in [0.4, 0.5) is 0 Å². The van der Waals surface area contributed by atoms with Crippen LogP contribution in [0.2, 0.25) is 0 Å². The number of nitrogens with two attached hydrogens (primary N) is 1. The van der Waals surface area contributed by atoms with Gasteiger partial charge in [-0.05, 0) is 31.0 Å². The lowest BCUT2D eigenvalue weighted by atomic mass is 10.1. The number of primary sulfonamides is 1. The Balaban J connectivity index is 2.70. The monoisotopic (exact) mass is 282 g/mol. The predicted molar refractivity (Wildman–Crippen MR) is 73.8 cm³/mol. The van der Waals surface area contributed by atoms with E-state index in [9.17, 15) is 13.2 Å². The lowest BCUT2D eigenvalue weighted by Gasteiger charge is -2.14. The van der Waals surface area contributed by atoms with Gasteiger partial charge < -0.3 is 5.32 Å². The van der Waals surface area contributed by atoms with E-state index in [0.717, 1.165) is 5.56 Å². The van der Waals surface area contributed by atoms with E-state index in [2.05, 4.69) is 11.9 Å². The highest BCUT2D eigenvalue weighted by atomic mass is 32.2. The third-order valence-electron chi connectivity index (χ3n) is 2.66. The highest BCUT2D eigenvalue weighted by Crippen LogP contribution is 2.15. The summed E-state index contributed by atoms with van der Waals surface area (Å²) in [5, 5.41) is 7.83. The molecule has 0 aliphatic carbocycles. The lowest BCUT2D eigenvalue weighted by Crippen LogP contribution is -2.26. The number of hydrogen-bond acceptors (Lipinski definition) is 3. The first-order chi connectivity index (χ1) is 8.84. The normalized spacial score (nSPS) is 12.7. The van der Waals surface area contributed by atoms with Gasteiger partial charge >= 0.3 is 0 Å². The van der Waals surface area contributed by atoms with Crippen LogP contribution in [0.1, 0.15) is 31.4 Å². The quantitative estimate of drug-likeness (QED) is 0.774. The van der Waals surface area contributed by atoms with Gasteiger partial charge in [0.05, 0.1) is 10.9 Å². The Morgan fingerprint density at radius 3 is 2.47 bits per heavy atom. The molecule has 0 aliphatic rings. The van der Waals surface area contributed by atoms with Gasteiger partial charge in [0, 0.05) is 6.42 Å². The van der Waals surface area contributed by atoms with Gasteiger partial charge in [-0.15, -0.1) is 6.58 Å². The molecule has 0 saturated heterocycles. The van der Waals surface area contributed by atoms with E-state index in [4.69, 9.17) is 5.14 Å². The summed E-state index contributed by atoms with van der Waals surface area (Å²) in [5.41, 5.74) is 0.819. The fourth-order valence-corrected chi connectivity index (χ4v) is 2.09. The fraction of sp³-hybridized carbons (Fsp3) is 0.308. The van der Waals surface area contributed by atoms with Crippen molar-refractivity contribution in [3.63, 3.8) is 0 Å². The Labute approximate surface area is 113 Å². The zero-order valence-corrected chi connectivity index (χ0v) is 11.6. The summed E-state index contributed by atoms with van der Waals surface area (Å²) in [6.45, 7) is 5.39. The first-order valence-electron chi connectivity index (χ1n) is 5.87. The van der Waals surface area contributed by atoms with Crippen LogP contribution >= 0.6 is 0 Å². The van der Waals surface area contributed by atoms with Gasteiger partial charge in [0.2, 0.25) is 15.9 Å². The van der Waals surface area contributed by atoms with E-state index in [-0.39, 0.29) is 16.8 Å². The zero-order valence-electron chi connectivity index (χ0n) is 10.8. The van der Waals surface area contributed by atoms with Crippen LogP contribution in [0.5, 0.6) is 0 Å². The van der Waals surface area contributed by atoms with Crippen LogP contribution in [0.3, 0.4) is 0 Å². The molecule has 1 atom stereocenters. The summed E-state index contributed by atoms with van der Waals surface area (Å²) in [4.78, 5) is 11.6. The second-order valence-corrected chi connectivity index (χ2v) is 5.79. The summed E-state index contributed by atoms with van der Waals surface area (Å²) in [7, 11) is -3.68. The minimum Gasteiger partial charge on any atom is -0.350 e. The molecule has 1 aromatic carbocycles. The van der Waals surface area contributed by atoms with E-state index in [0.29, 0.717) is 12.8 Å². The maximum absolute atomic E-state index is 11.5. The largest absolute Gasteiger partial charge is 0.350 e. The van der Waals surface area contributed by atoms with Gasteiger partial charge in [-0.3, -0.25) is 4.79 Å². The van der Waals surface area contributed by atoms with E-state index >= 15 is 0 Å². The smallest absolute Gasteiger partial charge is 0.238 e. The second kappa shape index (κ2) is 6.49.